The summed E-state index contributed by atoms with van der Waals surface area (Å²) in [6, 6.07) is 5.74. The normalized spacial score (nSPS) is 15.7. The van der Waals surface area contributed by atoms with Crippen LogP contribution in [-0.4, -0.2) is 42.2 Å². The summed E-state index contributed by atoms with van der Waals surface area (Å²) < 4.78 is 1.57. The van der Waals surface area contributed by atoms with E-state index in [0.29, 0.717) is 5.82 Å². The number of rotatable bonds is 5. The minimum Gasteiger partial charge on any atom is -0.296 e. The molecule has 1 aliphatic heterocycles. The molecule has 0 N–H and O–H groups in total. The molecule has 0 saturated carbocycles. The van der Waals surface area contributed by atoms with E-state index in [4.69, 9.17) is 4.98 Å². The summed E-state index contributed by atoms with van der Waals surface area (Å²) in [5, 5.41) is 8.36. The standard InChI is InChI=1S/C25H28N6O/c1-5-6-22(18(3)13-23-26-10-8-24(32)30(23)4)31-12-9-21-20(16-31)14-19(15-27-21)25-17(2)7-11-28-29-25/h5-8,10-11,13-15,22H,9,12,16H2,1-4H3/b6-5-,18-13-. The molecule has 0 aromatic carbocycles. The molecule has 0 radical (unpaired) electrons. The second-order valence-electron chi connectivity index (χ2n) is 8.17. The Kier molecular flexibility index (Phi) is 6.37. The van der Waals surface area contributed by atoms with E-state index in [-0.39, 0.29) is 11.6 Å². The summed E-state index contributed by atoms with van der Waals surface area (Å²) in [7, 11) is 1.75. The van der Waals surface area contributed by atoms with E-state index in [2.05, 4.69) is 45.2 Å². The van der Waals surface area contributed by atoms with Crippen molar-refractivity contribution in [2.24, 2.45) is 7.05 Å². The molecule has 164 valence electrons. The van der Waals surface area contributed by atoms with Gasteiger partial charge >= 0.3 is 0 Å². The molecule has 0 fully saturated rings. The minimum atomic E-state index is -0.0635. The van der Waals surface area contributed by atoms with Crippen LogP contribution in [0, 0.1) is 6.92 Å². The number of aryl methyl sites for hydroxylation is 1. The number of pyridine rings is 1. The van der Waals surface area contributed by atoms with Gasteiger partial charge < -0.3 is 0 Å². The number of hydrogen-bond donors (Lipinski definition) is 0. The highest BCUT2D eigenvalue weighted by atomic mass is 16.1. The summed E-state index contributed by atoms with van der Waals surface area (Å²) in [5.41, 5.74) is 6.37. The van der Waals surface area contributed by atoms with Crippen LogP contribution in [0.1, 0.15) is 36.5 Å². The first kappa shape index (κ1) is 21.8. The highest BCUT2D eigenvalue weighted by Crippen LogP contribution is 2.27. The van der Waals surface area contributed by atoms with Crippen molar-refractivity contribution < 1.29 is 0 Å². The van der Waals surface area contributed by atoms with Gasteiger partial charge in [0.05, 0.1) is 5.69 Å². The van der Waals surface area contributed by atoms with Gasteiger partial charge in [-0.2, -0.15) is 10.2 Å². The molecule has 0 bridgehead atoms. The third-order valence-corrected chi connectivity index (χ3v) is 5.95. The van der Waals surface area contributed by atoms with Gasteiger partial charge in [-0.1, -0.05) is 12.2 Å². The lowest BCUT2D eigenvalue weighted by Gasteiger charge is -2.34. The highest BCUT2D eigenvalue weighted by Gasteiger charge is 2.24. The Morgan fingerprint density at radius 1 is 1.22 bits per heavy atom. The van der Waals surface area contributed by atoms with Crippen molar-refractivity contribution in [2.75, 3.05) is 6.54 Å². The van der Waals surface area contributed by atoms with E-state index in [1.165, 1.54) is 11.6 Å². The summed E-state index contributed by atoms with van der Waals surface area (Å²) in [6.07, 6.45) is 12.3. The summed E-state index contributed by atoms with van der Waals surface area (Å²) in [6.45, 7) is 7.86. The average Bonchev–Trinajstić information content (AvgIpc) is 2.80. The van der Waals surface area contributed by atoms with E-state index in [0.717, 1.165) is 47.6 Å². The molecule has 3 aromatic heterocycles. The van der Waals surface area contributed by atoms with Gasteiger partial charge in [0.2, 0.25) is 0 Å². The molecule has 3 aromatic rings. The molecule has 1 aliphatic rings. The molecule has 0 spiro atoms. The molecule has 0 amide bonds. The summed E-state index contributed by atoms with van der Waals surface area (Å²) >= 11 is 0. The van der Waals surface area contributed by atoms with E-state index in [9.17, 15) is 4.79 Å². The quantitative estimate of drug-likeness (QED) is 0.580. The van der Waals surface area contributed by atoms with Gasteiger partial charge in [-0.3, -0.25) is 19.2 Å². The molecule has 4 rings (SSSR count). The Morgan fingerprint density at radius 2 is 2.06 bits per heavy atom. The van der Waals surface area contributed by atoms with E-state index in [1.54, 1.807) is 24.0 Å². The fraction of sp³-hybridized carbons (Fsp3) is 0.320. The molecule has 7 nitrogen and oxygen atoms in total. The molecule has 7 heteroatoms. The van der Waals surface area contributed by atoms with Crippen LogP contribution < -0.4 is 5.56 Å². The Labute approximate surface area is 188 Å². The van der Waals surface area contributed by atoms with Crippen LogP contribution in [0.5, 0.6) is 0 Å². The number of allylic oxidation sites excluding steroid dienone is 1. The van der Waals surface area contributed by atoms with Gasteiger partial charge in [-0.25, -0.2) is 4.98 Å². The fourth-order valence-electron chi connectivity index (χ4n) is 4.15. The van der Waals surface area contributed by atoms with Crippen LogP contribution in [0.4, 0.5) is 0 Å². The molecule has 0 aliphatic carbocycles. The van der Waals surface area contributed by atoms with Crippen LogP contribution >= 0.6 is 0 Å². The van der Waals surface area contributed by atoms with Crippen LogP contribution in [0.25, 0.3) is 17.3 Å². The molecule has 1 atom stereocenters. The fourth-order valence-corrected chi connectivity index (χ4v) is 4.15. The molecule has 1 unspecified atom stereocenters. The van der Waals surface area contributed by atoms with Crippen molar-refractivity contribution in [3.05, 3.63) is 87.5 Å². The first-order chi connectivity index (χ1) is 15.5. The first-order valence-corrected chi connectivity index (χ1v) is 10.8. The second-order valence-corrected chi connectivity index (χ2v) is 8.17. The van der Waals surface area contributed by atoms with Gasteiger partial charge in [-0.05, 0) is 55.7 Å². The Bertz CT molecular complexity index is 1240. The maximum atomic E-state index is 12.0. The number of aromatic nitrogens is 5. The third kappa shape index (κ3) is 4.43. The van der Waals surface area contributed by atoms with Gasteiger partial charge in [0.25, 0.3) is 5.56 Å². The topological polar surface area (TPSA) is 76.8 Å². The predicted molar refractivity (Wildman–Crippen MR) is 126 cm³/mol. The van der Waals surface area contributed by atoms with Crippen molar-refractivity contribution in [1.29, 1.82) is 0 Å². The molecular formula is C25H28N6O. The van der Waals surface area contributed by atoms with Crippen molar-refractivity contribution in [3.63, 3.8) is 0 Å². The maximum Gasteiger partial charge on any atom is 0.253 e. The summed E-state index contributed by atoms with van der Waals surface area (Å²) in [4.78, 5) is 23.5. The van der Waals surface area contributed by atoms with Crippen molar-refractivity contribution >= 4 is 6.08 Å². The smallest absolute Gasteiger partial charge is 0.253 e. The minimum absolute atomic E-state index is 0.0635. The number of nitrogens with zero attached hydrogens (tertiary/aromatic N) is 6. The van der Waals surface area contributed by atoms with Gasteiger partial charge in [0, 0.05) is 68.5 Å². The zero-order valence-corrected chi connectivity index (χ0v) is 19.0. The van der Waals surface area contributed by atoms with Crippen LogP contribution in [0.3, 0.4) is 0 Å². The lowest BCUT2D eigenvalue weighted by Crippen LogP contribution is -2.39. The van der Waals surface area contributed by atoms with Crippen molar-refractivity contribution in [2.45, 2.75) is 39.8 Å². The van der Waals surface area contributed by atoms with Crippen LogP contribution in [-0.2, 0) is 20.0 Å². The van der Waals surface area contributed by atoms with E-state index >= 15 is 0 Å². The highest BCUT2D eigenvalue weighted by molar-refractivity contribution is 5.62. The molecule has 0 saturated heterocycles. The molecule has 4 heterocycles. The zero-order valence-electron chi connectivity index (χ0n) is 19.0. The largest absolute Gasteiger partial charge is 0.296 e. The Balaban J connectivity index is 1.64. The maximum absolute atomic E-state index is 12.0. The summed E-state index contributed by atoms with van der Waals surface area (Å²) in [5.74, 6) is 0.656. The number of hydrogen-bond acceptors (Lipinski definition) is 6. The lowest BCUT2D eigenvalue weighted by molar-refractivity contribution is 0.230. The molecular weight excluding hydrogens is 400 g/mol. The van der Waals surface area contributed by atoms with Crippen molar-refractivity contribution in [1.82, 2.24) is 29.6 Å². The van der Waals surface area contributed by atoms with Crippen molar-refractivity contribution in [3.8, 4) is 11.3 Å². The Hall–Kier alpha value is -3.45. The average molecular weight is 429 g/mol. The van der Waals surface area contributed by atoms with Crippen LogP contribution in [0.2, 0.25) is 0 Å². The molecule has 32 heavy (non-hydrogen) atoms. The van der Waals surface area contributed by atoms with Gasteiger partial charge in [-0.15, -0.1) is 0 Å². The van der Waals surface area contributed by atoms with Gasteiger partial charge in [0.15, 0.2) is 0 Å². The first-order valence-electron chi connectivity index (χ1n) is 10.8. The lowest BCUT2D eigenvalue weighted by atomic mass is 9.97. The van der Waals surface area contributed by atoms with Crippen LogP contribution in [0.15, 0.2) is 59.3 Å². The van der Waals surface area contributed by atoms with Gasteiger partial charge in [0.1, 0.15) is 5.82 Å². The number of fused-ring (bicyclic) bond motifs is 1. The monoisotopic (exact) mass is 428 g/mol. The second kappa shape index (κ2) is 9.36. The van der Waals surface area contributed by atoms with E-state index < -0.39 is 0 Å². The third-order valence-electron chi connectivity index (χ3n) is 5.95. The SMILES string of the molecule is C/C=C\C(/C(C)=C\c1nccc(=O)n1C)N1CCc2ncc(-c3nnccc3C)cc2C1. The Morgan fingerprint density at radius 3 is 2.84 bits per heavy atom. The predicted octanol–water partition coefficient (Wildman–Crippen LogP) is 3.35. The zero-order chi connectivity index (χ0) is 22.7. The van der Waals surface area contributed by atoms with E-state index in [1.807, 2.05) is 32.2 Å².